The monoisotopic (exact) mass is 2200 g/mol. The number of aromatic hydroxyl groups is 2. The van der Waals surface area contributed by atoms with Crippen LogP contribution in [0.4, 0.5) is 28.4 Å². The predicted octanol–water partition coefficient (Wildman–Crippen LogP) is 26.2. The number of benzene rings is 11. The maximum atomic E-state index is 12.6. The lowest BCUT2D eigenvalue weighted by molar-refractivity contribution is 0.0515. The molecular weight excluding hydrogens is 2090 g/mol. The molecule has 0 aliphatic carbocycles. The number of halogens is 9. The third-order valence-corrected chi connectivity index (χ3v) is 27.0. The number of nitrogen functional groups attached to an aromatic ring is 1. The van der Waals surface area contributed by atoms with Gasteiger partial charge in [-0.1, -0.05) is 198 Å². The highest BCUT2D eigenvalue weighted by Crippen LogP contribution is 2.40. The van der Waals surface area contributed by atoms with Gasteiger partial charge in [0.25, 0.3) is 11.8 Å². The van der Waals surface area contributed by atoms with Gasteiger partial charge < -0.3 is 74.4 Å². The molecule has 136 heavy (non-hydrogen) atoms. The summed E-state index contributed by atoms with van der Waals surface area (Å²) >= 11 is 44.9. The van der Waals surface area contributed by atoms with Crippen LogP contribution in [0.5, 0.6) is 46.3 Å². The highest BCUT2D eigenvalue weighted by Gasteiger charge is 2.27. The summed E-state index contributed by atoms with van der Waals surface area (Å²) < 4.78 is 32.5. The molecule has 11 aromatic carbocycles. The summed E-state index contributed by atoms with van der Waals surface area (Å²) in [6.07, 6.45) is 19.2. The molecule has 13 aromatic rings. The molecule has 4 aliphatic heterocycles. The molecule has 4 saturated heterocycles. The Kier molecular flexibility index (Phi) is 43.3. The number of alkyl halides is 2. The summed E-state index contributed by atoms with van der Waals surface area (Å²) in [4.78, 5) is 33.9. The highest BCUT2D eigenvalue weighted by molar-refractivity contribution is 9.11. The predicted molar refractivity (Wildman–Crippen MR) is 566 cm³/mol. The van der Waals surface area contributed by atoms with E-state index in [4.69, 9.17) is 103 Å². The molecule has 17 rings (SSSR count). The maximum absolute atomic E-state index is 12.6. The number of piperidine rings is 4. The SMILES string of the molecule is BrCCCCCBr.CCOC(=O)c1nnn(Cc2ccc(OC)cc2)c1Oc1ccc(-c2ccc(N3CCCCC3)cc2Cl)cc1.COc1ccc(Cn2nnc(C(=O)O)c2Oc2ccc(-c3ccc(N4CCCCC4)cc3Cl)cc2)cc1.Clc1cc(N2CCCCC2)ccc1Br.Nc1ccc(Br)c(Cl)c1.OB(O)c1ccc(O)cc1.Oc1ccc(-c2ccc(N3CCCCC3)cc2Cl)cc1. The van der Waals surface area contributed by atoms with Crippen LogP contribution in [0.25, 0.3) is 33.4 Å². The number of unbranched alkanes of at least 4 members (excludes halogenated alkanes) is 2. The topological polar surface area (TPSA) is 282 Å². The van der Waals surface area contributed by atoms with Crippen LogP contribution in [-0.2, 0) is 17.8 Å². The summed E-state index contributed by atoms with van der Waals surface area (Å²) in [6, 6.07) is 72.9. The first-order valence-electron chi connectivity index (χ1n) is 45.1. The molecule has 2 aromatic heterocycles. The van der Waals surface area contributed by atoms with E-state index in [2.05, 4.69) is 146 Å². The number of hydrogen-bond acceptors (Lipinski definition) is 20. The zero-order chi connectivity index (χ0) is 96.8. The summed E-state index contributed by atoms with van der Waals surface area (Å²) in [7, 11) is 1.76. The van der Waals surface area contributed by atoms with Gasteiger partial charge >= 0.3 is 19.1 Å². The molecule has 23 nitrogen and oxygen atoms in total. The fourth-order valence-electron chi connectivity index (χ4n) is 15.2. The van der Waals surface area contributed by atoms with Gasteiger partial charge in [-0.25, -0.2) is 19.0 Å². The van der Waals surface area contributed by atoms with Gasteiger partial charge in [-0.05, 0) is 308 Å². The summed E-state index contributed by atoms with van der Waals surface area (Å²) in [5.74, 6) is 1.32. The third-order valence-electron chi connectivity index (χ3n) is 22.5. The Balaban J connectivity index is 0.000000166. The number of esters is 1. The van der Waals surface area contributed by atoms with Gasteiger partial charge in [-0.3, -0.25) is 0 Å². The average molecular weight is 2200 g/mol. The molecule has 4 aliphatic rings. The molecule has 7 N–H and O–H groups in total. The van der Waals surface area contributed by atoms with Crippen LogP contribution >= 0.6 is 122 Å². The highest BCUT2D eigenvalue weighted by atomic mass is 79.9. The lowest BCUT2D eigenvalue weighted by Crippen LogP contribution is -2.29. The van der Waals surface area contributed by atoms with Crippen LogP contribution in [0.15, 0.2) is 246 Å². The van der Waals surface area contributed by atoms with E-state index in [-0.39, 0.29) is 47.8 Å². The molecule has 6 heterocycles. The number of carbonyl (C=O) groups is 2. The largest absolute Gasteiger partial charge is 0.508 e. The van der Waals surface area contributed by atoms with Gasteiger partial charge in [-0.2, -0.15) is 0 Å². The van der Waals surface area contributed by atoms with Crippen molar-refractivity contribution in [2.45, 2.75) is 116 Å². The number of carboxylic acid groups (broad SMARTS) is 1. The Bertz CT molecular complexity index is 5900. The van der Waals surface area contributed by atoms with Gasteiger partial charge in [0.1, 0.15) is 34.5 Å². The molecule has 4 fully saturated rings. The van der Waals surface area contributed by atoms with Crippen molar-refractivity contribution in [1.82, 2.24) is 30.0 Å². The fourth-order valence-corrected chi connectivity index (χ4v) is 17.7. The fraction of sp³-hybridized carbons (Fsp3) is 0.301. The van der Waals surface area contributed by atoms with Crippen LogP contribution in [0, 0.1) is 0 Å². The van der Waals surface area contributed by atoms with Crippen LogP contribution in [-0.4, -0.2) is 158 Å². The lowest BCUT2D eigenvalue weighted by Gasteiger charge is -2.29. The Morgan fingerprint density at radius 3 is 1.05 bits per heavy atom. The lowest BCUT2D eigenvalue weighted by atomic mass is 9.80. The number of nitrogens with two attached hydrogens (primary N) is 1. The molecule has 33 heteroatoms. The average Bonchev–Trinajstić information content (AvgIpc) is 1.74. The Hall–Kier alpha value is -10.2. The van der Waals surface area contributed by atoms with Gasteiger partial charge in [-0.15, -0.1) is 10.2 Å². The van der Waals surface area contributed by atoms with Crippen LogP contribution in [0.2, 0.25) is 25.1 Å². The second-order valence-electron chi connectivity index (χ2n) is 32.2. The number of phenols is 2. The normalized spacial score (nSPS) is 13.3. The van der Waals surface area contributed by atoms with Crippen molar-refractivity contribution in [1.29, 1.82) is 0 Å². The number of rotatable bonds is 25. The number of anilines is 5. The molecule has 0 unspecified atom stereocenters. The maximum Gasteiger partial charge on any atom is 0.488 e. The Morgan fingerprint density at radius 2 is 0.728 bits per heavy atom. The first-order chi connectivity index (χ1) is 65.9. The van der Waals surface area contributed by atoms with E-state index in [1.807, 2.05) is 133 Å². The van der Waals surface area contributed by atoms with Gasteiger partial charge in [0, 0.05) is 117 Å². The van der Waals surface area contributed by atoms with Crippen molar-refractivity contribution >= 4 is 175 Å². The van der Waals surface area contributed by atoms with Crippen molar-refractivity contribution in [2.75, 3.05) is 109 Å². The van der Waals surface area contributed by atoms with Gasteiger partial charge in [0.05, 0.1) is 59.0 Å². The van der Waals surface area contributed by atoms with E-state index in [9.17, 15) is 19.8 Å². The molecule has 0 saturated carbocycles. The van der Waals surface area contributed by atoms with Gasteiger partial charge in [0.15, 0.2) is 0 Å². The smallest absolute Gasteiger partial charge is 0.488 e. The van der Waals surface area contributed by atoms with Crippen molar-refractivity contribution in [3.8, 4) is 79.6 Å². The first kappa shape index (κ1) is 106. The number of aromatic nitrogens is 6. The zero-order valence-corrected chi connectivity index (χ0v) is 86.1. The van der Waals surface area contributed by atoms with Crippen molar-refractivity contribution in [3.05, 3.63) is 293 Å². The minimum atomic E-state index is -1.46. The van der Waals surface area contributed by atoms with E-state index in [1.165, 1.54) is 141 Å². The molecule has 716 valence electrons. The van der Waals surface area contributed by atoms with Crippen LogP contribution < -0.4 is 49.7 Å². The summed E-state index contributed by atoms with van der Waals surface area (Å²) in [5, 5.41) is 66.8. The number of carboxylic acids is 1. The number of nitrogens with zero attached hydrogens (tertiary/aromatic N) is 10. The number of phenolic OH excluding ortho intramolecular Hbond substituents is 2. The molecular formula is C103H111BBr4Cl5N11O12. The van der Waals surface area contributed by atoms with E-state index >= 15 is 0 Å². The molecule has 0 atom stereocenters. The standard InChI is InChI=1S/C30H31ClN4O4.C28H27ClN4O4.C17H18ClNO.C11H13BrClN.C6H7BO3.C6H5BrClN.C5H10Br2/c1-3-38-30(36)28-29(35(33-32-28)20-21-7-12-24(37-2)13-8-21)39-25-14-9-22(10-15-25)26-16-11-23(19-27(26)31)34-17-5-4-6-18-34;1-36-22-10-5-19(6-11-22)18-33-27(26(28(34)35)30-31-33)37-23-12-7-20(8-13-23)24-14-9-21(17-25(24)29)32-15-3-2-4-16-32;18-17-12-14(19-10-2-1-3-11-19)6-9-16(17)13-4-7-15(20)8-5-13;12-10-5-4-9(8-11(10)13)14-6-2-1-3-7-14;8-6-3-1-5(2-4-6)7(9)10;7-5-2-1-4(9)3-6(5)8;6-4-2-1-3-5-7/h7-16,19H,3-6,17-18,20H2,1-2H3;5-14,17H,2-4,15-16,18H2,1H3,(H,34,35);4-9,12,20H,1-3,10-11H2;4-5,8H,1-3,6-7H2;1-4,8-10H;1-3H,9H2;1-5H2. The molecule has 0 amide bonds. The second kappa shape index (κ2) is 55.4. The van der Waals surface area contributed by atoms with E-state index in [0.717, 1.165) is 149 Å². The van der Waals surface area contributed by atoms with E-state index < -0.39 is 19.1 Å². The number of hydrogen-bond donors (Lipinski definition) is 6. The summed E-state index contributed by atoms with van der Waals surface area (Å²) in [6.45, 7) is 11.4. The number of carbonyl (C=O) groups excluding carboxylic acids is 1. The number of aromatic carboxylic acids is 1. The van der Waals surface area contributed by atoms with Crippen molar-refractivity contribution < 1.29 is 58.6 Å². The Morgan fingerprint density at radius 1 is 0.404 bits per heavy atom. The minimum Gasteiger partial charge on any atom is -0.508 e. The minimum absolute atomic E-state index is 0.0192. The van der Waals surface area contributed by atoms with Crippen LogP contribution in [0.1, 0.15) is 135 Å². The van der Waals surface area contributed by atoms with Gasteiger partial charge in [0.2, 0.25) is 11.4 Å². The summed E-state index contributed by atoms with van der Waals surface area (Å²) in [5.41, 5.74) is 18.6. The van der Waals surface area contributed by atoms with E-state index in [1.54, 1.807) is 57.5 Å². The quantitative estimate of drug-likeness (QED) is 0.0102. The molecule has 0 spiro atoms. The van der Waals surface area contributed by atoms with Crippen molar-refractivity contribution in [3.63, 3.8) is 0 Å². The number of ether oxygens (including phenoxy) is 5. The zero-order valence-electron chi connectivity index (χ0n) is 75.9. The molecule has 0 bridgehead atoms. The van der Waals surface area contributed by atoms with E-state index in [0.29, 0.717) is 44.3 Å². The first-order valence-corrected chi connectivity index (χ1v) is 50.8. The van der Waals surface area contributed by atoms with Crippen molar-refractivity contribution in [2.24, 2.45) is 0 Å². The second-order valence-corrected chi connectivity index (χ2v) is 37.5. The third kappa shape index (κ3) is 32.5. The molecule has 0 radical (unpaired) electrons. The number of methoxy groups -OCH3 is 2. The Labute approximate surface area is 854 Å². The van der Waals surface area contributed by atoms with Crippen LogP contribution in [0.3, 0.4) is 0 Å².